The van der Waals surface area contributed by atoms with Crippen molar-refractivity contribution in [2.45, 2.75) is 0 Å². The standard InChI is InChI=1S/C17H12N4O/c22-17-13(16-15(21-17)4-2-8-19-16)10-20-12-5-6-14-11(9-12)3-1-7-18-14/h1-10,21-22H. The van der Waals surface area contributed by atoms with Crippen LogP contribution in [0.1, 0.15) is 5.56 Å². The lowest BCUT2D eigenvalue weighted by molar-refractivity contribution is 0.457. The number of pyridine rings is 2. The van der Waals surface area contributed by atoms with E-state index in [0.717, 1.165) is 22.1 Å². The van der Waals surface area contributed by atoms with Crippen molar-refractivity contribution in [2.75, 3.05) is 0 Å². The van der Waals surface area contributed by atoms with E-state index >= 15 is 0 Å². The van der Waals surface area contributed by atoms with E-state index in [2.05, 4.69) is 19.9 Å². The molecule has 4 aromatic rings. The predicted octanol–water partition coefficient (Wildman–Crippen LogP) is 3.57. The van der Waals surface area contributed by atoms with Gasteiger partial charge in [0.05, 0.1) is 22.3 Å². The second kappa shape index (κ2) is 4.96. The van der Waals surface area contributed by atoms with Crippen LogP contribution in [-0.2, 0) is 0 Å². The van der Waals surface area contributed by atoms with E-state index in [1.165, 1.54) is 0 Å². The summed E-state index contributed by atoms with van der Waals surface area (Å²) < 4.78 is 0. The number of fused-ring (bicyclic) bond motifs is 2. The number of nitrogens with one attached hydrogen (secondary N) is 1. The SMILES string of the molecule is Oc1[nH]c2cccnc2c1C=Nc1ccc2ncccc2c1. The third-order valence-corrected chi connectivity index (χ3v) is 3.50. The molecule has 22 heavy (non-hydrogen) atoms. The van der Waals surface area contributed by atoms with Gasteiger partial charge in [-0.25, -0.2) is 0 Å². The Morgan fingerprint density at radius 1 is 1.05 bits per heavy atom. The molecule has 4 rings (SSSR count). The van der Waals surface area contributed by atoms with E-state index in [-0.39, 0.29) is 5.88 Å². The maximum Gasteiger partial charge on any atom is 0.200 e. The minimum atomic E-state index is 0.0694. The highest BCUT2D eigenvalue weighted by molar-refractivity contribution is 6.00. The molecule has 5 nitrogen and oxygen atoms in total. The number of aliphatic imine (C=N–C) groups is 1. The molecule has 3 aromatic heterocycles. The number of rotatable bonds is 2. The van der Waals surface area contributed by atoms with Gasteiger partial charge in [0.15, 0.2) is 5.88 Å². The zero-order valence-electron chi connectivity index (χ0n) is 11.6. The van der Waals surface area contributed by atoms with Gasteiger partial charge in [0.2, 0.25) is 0 Å². The van der Waals surface area contributed by atoms with Crippen molar-refractivity contribution in [1.29, 1.82) is 0 Å². The lowest BCUT2D eigenvalue weighted by Crippen LogP contribution is -1.82. The summed E-state index contributed by atoms with van der Waals surface area (Å²) in [6, 6.07) is 13.3. The van der Waals surface area contributed by atoms with E-state index in [4.69, 9.17) is 0 Å². The summed E-state index contributed by atoms with van der Waals surface area (Å²) in [7, 11) is 0. The summed E-state index contributed by atoms with van der Waals surface area (Å²) in [5, 5.41) is 11.0. The van der Waals surface area contributed by atoms with Crippen LogP contribution >= 0.6 is 0 Å². The summed E-state index contributed by atoms with van der Waals surface area (Å²) in [6.45, 7) is 0. The normalized spacial score (nSPS) is 11.6. The molecular formula is C17H12N4O. The number of H-pyrrole nitrogens is 1. The maximum absolute atomic E-state index is 9.99. The minimum absolute atomic E-state index is 0.0694. The second-order valence-corrected chi connectivity index (χ2v) is 4.93. The maximum atomic E-state index is 9.99. The summed E-state index contributed by atoms with van der Waals surface area (Å²) in [4.78, 5) is 15.9. The van der Waals surface area contributed by atoms with Gasteiger partial charge in [-0.3, -0.25) is 15.0 Å². The first kappa shape index (κ1) is 12.5. The number of nitrogens with zero attached hydrogens (tertiary/aromatic N) is 3. The average molecular weight is 288 g/mol. The molecule has 0 aliphatic rings. The molecule has 0 unspecified atom stereocenters. The Balaban J connectivity index is 1.77. The monoisotopic (exact) mass is 288 g/mol. The summed E-state index contributed by atoms with van der Waals surface area (Å²) >= 11 is 0. The molecule has 0 saturated heterocycles. The van der Waals surface area contributed by atoms with Gasteiger partial charge >= 0.3 is 0 Å². The van der Waals surface area contributed by atoms with Gasteiger partial charge in [-0.05, 0) is 36.4 Å². The predicted molar refractivity (Wildman–Crippen MR) is 86.8 cm³/mol. The summed E-state index contributed by atoms with van der Waals surface area (Å²) in [5.74, 6) is 0.0694. The minimum Gasteiger partial charge on any atom is -0.494 e. The topological polar surface area (TPSA) is 74.2 Å². The summed E-state index contributed by atoms with van der Waals surface area (Å²) in [6.07, 6.45) is 5.08. The quantitative estimate of drug-likeness (QED) is 0.554. The Morgan fingerprint density at radius 3 is 2.86 bits per heavy atom. The molecule has 0 aliphatic heterocycles. The molecule has 0 radical (unpaired) electrons. The largest absolute Gasteiger partial charge is 0.494 e. The molecule has 0 atom stereocenters. The zero-order chi connectivity index (χ0) is 14.9. The lowest BCUT2D eigenvalue weighted by Gasteiger charge is -1.98. The third kappa shape index (κ3) is 2.09. The molecule has 0 fully saturated rings. The van der Waals surface area contributed by atoms with E-state index in [0.29, 0.717) is 11.1 Å². The number of benzene rings is 1. The van der Waals surface area contributed by atoms with E-state index in [1.807, 2.05) is 42.5 Å². The van der Waals surface area contributed by atoms with Gasteiger partial charge in [0.1, 0.15) is 5.52 Å². The molecule has 0 amide bonds. The lowest BCUT2D eigenvalue weighted by atomic mass is 10.2. The Kier molecular flexibility index (Phi) is 2.83. The fourth-order valence-corrected chi connectivity index (χ4v) is 2.43. The van der Waals surface area contributed by atoms with Crippen molar-refractivity contribution in [3.8, 4) is 5.88 Å². The van der Waals surface area contributed by atoms with Crippen LogP contribution in [0.5, 0.6) is 5.88 Å². The molecule has 1 aromatic carbocycles. The highest BCUT2D eigenvalue weighted by atomic mass is 16.3. The fourth-order valence-electron chi connectivity index (χ4n) is 2.43. The van der Waals surface area contributed by atoms with Gasteiger partial charge in [0.25, 0.3) is 0 Å². The molecule has 0 spiro atoms. The van der Waals surface area contributed by atoms with Gasteiger partial charge in [-0.1, -0.05) is 6.07 Å². The van der Waals surface area contributed by atoms with Crippen LogP contribution in [0.15, 0.2) is 59.9 Å². The molecular weight excluding hydrogens is 276 g/mol. The Hall–Kier alpha value is -3.21. The Morgan fingerprint density at radius 2 is 1.91 bits per heavy atom. The van der Waals surface area contributed by atoms with Crippen molar-refractivity contribution in [3.63, 3.8) is 0 Å². The second-order valence-electron chi connectivity index (χ2n) is 4.93. The van der Waals surface area contributed by atoms with Crippen molar-refractivity contribution in [1.82, 2.24) is 15.0 Å². The first-order valence-electron chi connectivity index (χ1n) is 6.86. The Labute approximate surface area is 126 Å². The molecule has 2 N–H and O–H groups in total. The van der Waals surface area contributed by atoms with Gasteiger partial charge in [0, 0.05) is 24.0 Å². The van der Waals surface area contributed by atoms with Crippen LogP contribution in [0.2, 0.25) is 0 Å². The first-order valence-corrected chi connectivity index (χ1v) is 6.86. The van der Waals surface area contributed by atoms with Crippen LogP contribution in [0.4, 0.5) is 5.69 Å². The molecule has 0 aliphatic carbocycles. The van der Waals surface area contributed by atoms with Crippen molar-refractivity contribution >= 4 is 33.8 Å². The average Bonchev–Trinajstić information content (AvgIpc) is 2.88. The van der Waals surface area contributed by atoms with Crippen LogP contribution in [0, 0.1) is 0 Å². The molecule has 3 heterocycles. The molecule has 0 bridgehead atoms. The van der Waals surface area contributed by atoms with Crippen LogP contribution in [0.25, 0.3) is 21.9 Å². The van der Waals surface area contributed by atoms with E-state index < -0.39 is 0 Å². The van der Waals surface area contributed by atoms with Crippen LogP contribution < -0.4 is 0 Å². The highest BCUT2D eigenvalue weighted by Crippen LogP contribution is 2.25. The van der Waals surface area contributed by atoms with Crippen molar-refractivity contribution < 1.29 is 5.11 Å². The van der Waals surface area contributed by atoms with E-state index in [1.54, 1.807) is 18.6 Å². The highest BCUT2D eigenvalue weighted by Gasteiger charge is 2.09. The van der Waals surface area contributed by atoms with Crippen molar-refractivity contribution in [2.24, 2.45) is 4.99 Å². The Bertz CT molecular complexity index is 1000. The number of aromatic amines is 1. The smallest absolute Gasteiger partial charge is 0.200 e. The van der Waals surface area contributed by atoms with Gasteiger partial charge < -0.3 is 10.1 Å². The van der Waals surface area contributed by atoms with Gasteiger partial charge in [-0.2, -0.15) is 0 Å². The number of hydrogen-bond donors (Lipinski definition) is 2. The number of hydrogen-bond acceptors (Lipinski definition) is 4. The van der Waals surface area contributed by atoms with E-state index in [9.17, 15) is 5.11 Å². The van der Waals surface area contributed by atoms with Gasteiger partial charge in [-0.15, -0.1) is 0 Å². The van der Waals surface area contributed by atoms with Crippen LogP contribution in [-0.4, -0.2) is 26.3 Å². The third-order valence-electron chi connectivity index (χ3n) is 3.50. The first-order chi connectivity index (χ1) is 10.8. The number of aromatic nitrogens is 3. The number of aromatic hydroxyl groups is 1. The molecule has 106 valence electrons. The molecule has 0 saturated carbocycles. The summed E-state index contributed by atoms with van der Waals surface area (Å²) in [5.41, 5.74) is 3.79. The van der Waals surface area contributed by atoms with Crippen molar-refractivity contribution in [3.05, 3.63) is 60.4 Å². The zero-order valence-corrected chi connectivity index (χ0v) is 11.6. The molecule has 5 heteroatoms. The fraction of sp³-hybridized carbons (Fsp3) is 0. The van der Waals surface area contributed by atoms with Crippen LogP contribution in [0.3, 0.4) is 0 Å².